The van der Waals surface area contributed by atoms with Crippen molar-refractivity contribution in [3.63, 3.8) is 0 Å². The van der Waals surface area contributed by atoms with Crippen LogP contribution in [0.25, 0.3) is 0 Å². The van der Waals surface area contributed by atoms with Crippen LogP contribution in [0.3, 0.4) is 0 Å². The van der Waals surface area contributed by atoms with Gasteiger partial charge in [-0.3, -0.25) is 14.0 Å². The minimum atomic E-state index is 0.978. The molecule has 3 heterocycles. The molecular formula is C13H11N3S. The molecule has 84 valence electrons. The molecule has 3 nitrogen and oxygen atoms in total. The summed E-state index contributed by atoms with van der Waals surface area (Å²) < 4.78 is 2.11. The van der Waals surface area contributed by atoms with Crippen LogP contribution in [-0.4, -0.2) is 22.2 Å². The van der Waals surface area contributed by atoms with E-state index in [0.717, 1.165) is 22.7 Å². The molecule has 0 aromatic carbocycles. The first-order chi connectivity index (χ1) is 8.40. The van der Waals surface area contributed by atoms with E-state index in [9.17, 15) is 0 Å². The third kappa shape index (κ3) is 1.70. The van der Waals surface area contributed by atoms with Crippen molar-refractivity contribution in [2.24, 2.45) is 9.98 Å². The minimum Gasteiger partial charge on any atom is -0.290 e. The summed E-state index contributed by atoms with van der Waals surface area (Å²) in [5.74, 6) is 0. The van der Waals surface area contributed by atoms with Crippen molar-refractivity contribution >= 4 is 23.9 Å². The van der Waals surface area contributed by atoms with Crippen molar-refractivity contribution in [3.05, 3.63) is 59.7 Å². The van der Waals surface area contributed by atoms with Crippen LogP contribution in [0.1, 0.15) is 5.69 Å². The van der Waals surface area contributed by atoms with E-state index in [1.165, 1.54) is 0 Å². The topological polar surface area (TPSA) is 29.6 Å². The number of rotatable bonds is 2. The van der Waals surface area contributed by atoms with Crippen LogP contribution in [0.15, 0.2) is 64.0 Å². The fourth-order valence-electron chi connectivity index (χ4n) is 1.91. The standard InChI is InChI=1S/C13H11N3S/c1-17-16-9-3-5-12(16)13-10(6-8-15-13)11-4-2-7-14-11/h2-9H,1H3. The van der Waals surface area contributed by atoms with Crippen molar-refractivity contribution in [2.45, 2.75) is 0 Å². The van der Waals surface area contributed by atoms with Crippen molar-refractivity contribution in [1.29, 1.82) is 0 Å². The van der Waals surface area contributed by atoms with Gasteiger partial charge < -0.3 is 0 Å². The van der Waals surface area contributed by atoms with Gasteiger partial charge in [-0.25, -0.2) is 0 Å². The van der Waals surface area contributed by atoms with Gasteiger partial charge in [0.25, 0.3) is 0 Å². The van der Waals surface area contributed by atoms with Crippen LogP contribution in [0.2, 0.25) is 0 Å². The average Bonchev–Trinajstić information content (AvgIpc) is 3.09. The number of hydrogen-bond donors (Lipinski definition) is 0. The molecule has 0 radical (unpaired) electrons. The maximum absolute atomic E-state index is 4.45. The Morgan fingerprint density at radius 3 is 3.00 bits per heavy atom. The lowest BCUT2D eigenvalue weighted by Gasteiger charge is -2.07. The van der Waals surface area contributed by atoms with Crippen molar-refractivity contribution in [3.8, 4) is 0 Å². The van der Waals surface area contributed by atoms with Crippen molar-refractivity contribution < 1.29 is 0 Å². The molecule has 1 aromatic rings. The van der Waals surface area contributed by atoms with Gasteiger partial charge in [0.1, 0.15) is 0 Å². The molecule has 0 amide bonds. The van der Waals surface area contributed by atoms with Crippen LogP contribution in [0.5, 0.6) is 0 Å². The van der Waals surface area contributed by atoms with Gasteiger partial charge in [-0.05, 0) is 42.3 Å². The Morgan fingerprint density at radius 2 is 2.24 bits per heavy atom. The normalized spacial score (nSPS) is 21.6. The summed E-state index contributed by atoms with van der Waals surface area (Å²) in [5.41, 5.74) is 4.17. The molecule has 0 spiro atoms. The Hall–Kier alpha value is -1.81. The van der Waals surface area contributed by atoms with E-state index in [1.54, 1.807) is 18.2 Å². The third-order valence-electron chi connectivity index (χ3n) is 2.68. The number of allylic oxidation sites excluding steroid dienone is 4. The monoisotopic (exact) mass is 241 g/mol. The van der Waals surface area contributed by atoms with E-state index in [4.69, 9.17) is 0 Å². The molecule has 0 bridgehead atoms. The molecule has 0 unspecified atom stereocenters. The Bertz CT molecular complexity index is 586. The Balaban J connectivity index is 2.08. The predicted octanol–water partition coefficient (Wildman–Crippen LogP) is 2.83. The first-order valence-corrected chi connectivity index (χ1v) is 6.50. The molecule has 3 rings (SSSR count). The average molecular weight is 241 g/mol. The Labute approximate surface area is 104 Å². The zero-order valence-corrected chi connectivity index (χ0v) is 10.2. The summed E-state index contributed by atoms with van der Waals surface area (Å²) in [6, 6.07) is 4.11. The highest BCUT2D eigenvalue weighted by molar-refractivity contribution is 7.97. The predicted molar refractivity (Wildman–Crippen MR) is 73.7 cm³/mol. The van der Waals surface area contributed by atoms with E-state index in [1.807, 2.05) is 42.9 Å². The molecule has 0 fully saturated rings. The summed E-state index contributed by atoms with van der Waals surface area (Å²) in [4.78, 5) is 8.78. The molecular weight excluding hydrogens is 230 g/mol. The van der Waals surface area contributed by atoms with E-state index in [-0.39, 0.29) is 0 Å². The second-order valence-electron chi connectivity index (χ2n) is 3.63. The first kappa shape index (κ1) is 10.4. The first-order valence-electron chi connectivity index (χ1n) is 5.32. The summed E-state index contributed by atoms with van der Waals surface area (Å²) in [6.45, 7) is 0. The lowest BCUT2D eigenvalue weighted by atomic mass is 10.1. The molecule has 2 aliphatic heterocycles. The maximum atomic E-state index is 4.45. The number of hydrogen-bond acceptors (Lipinski definition) is 3. The molecule has 0 atom stereocenters. The van der Waals surface area contributed by atoms with Crippen molar-refractivity contribution in [1.82, 2.24) is 3.97 Å². The third-order valence-corrected chi connectivity index (χ3v) is 3.39. The van der Waals surface area contributed by atoms with E-state index in [0.29, 0.717) is 0 Å². The summed E-state index contributed by atoms with van der Waals surface area (Å²) in [6.07, 6.45) is 13.7. The Kier molecular flexibility index (Phi) is 2.57. The summed E-state index contributed by atoms with van der Waals surface area (Å²) in [7, 11) is 0. The van der Waals surface area contributed by atoms with Crippen LogP contribution in [0.4, 0.5) is 0 Å². The van der Waals surface area contributed by atoms with Gasteiger partial charge in [0.05, 0.1) is 17.1 Å². The van der Waals surface area contributed by atoms with Gasteiger partial charge in [-0.15, -0.1) is 0 Å². The Morgan fingerprint density at radius 1 is 1.29 bits per heavy atom. The van der Waals surface area contributed by atoms with E-state index >= 15 is 0 Å². The molecule has 2 aliphatic rings. The van der Waals surface area contributed by atoms with Gasteiger partial charge in [-0.2, -0.15) is 0 Å². The van der Waals surface area contributed by atoms with Gasteiger partial charge in [-0.1, -0.05) is 0 Å². The minimum absolute atomic E-state index is 0.978. The fourth-order valence-corrected chi connectivity index (χ4v) is 2.45. The molecule has 0 N–H and O–H groups in total. The molecule has 0 saturated heterocycles. The van der Waals surface area contributed by atoms with Crippen LogP contribution in [-0.2, 0) is 0 Å². The zero-order chi connectivity index (χ0) is 11.7. The summed E-state index contributed by atoms with van der Waals surface area (Å²) in [5, 5.41) is 0. The highest BCUT2D eigenvalue weighted by Gasteiger charge is 2.18. The lowest BCUT2D eigenvalue weighted by Crippen LogP contribution is -2.06. The van der Waals surface area contributed by atoms with Gasteiger partial charge in [0.15, 0.2) is 0 Å². The number of nitrogens with zero attached hydrogens (tertiary/aromatic N) is 3. The molecule has 0 aliphatic carbocycles. The van der Waals surface area contributed by atoms with Gasteiger partial charge in [0.2, 0.25) is 0 Å². The fraction of sp³-hybridized carbons (Fsp3) is 0.0769. The van der Waals surface area contributed by atoms with Crippen LogP contribution < -0.4 is 0 Å². The highest BCUT2D eigenvalue weighted by atomic mass is 32.2. The van der Waals surface area contributed by atoms with E-state index in [2.05, 4.69) is 20.0 Å². The zero-order valence-electron chi connectivity index (χ0n) is 9.37. The van der Waals surface area contributed by atoms with Gasteiger partial charge in [0, 0.05) is 30.4 Å². The lowest BCUT2D eigenvalue weighted by molar-refractivity contribution is 1.25. The maximum Gasteiger partial charge on any atom is 0.0969 e. The SMILES string of the molecule is CSn1cccc1C1=NC=CC1=C1C=CC=N1. The molecule has 4 heteroatoms. The van der Waals surface area contributed by atoms with Crippen molar-refractivity contribution in [2.75, 3.05) is 6.26 Å². The molecule has 0 saturated carbocycles. The highest BCUT2D eigenvalue weighted by Crippen LogP contribution is 2.24. The van der Waals surface area contributed by atoms with Crippen LogP contribution >= 0.6 is 11.9 Å². The quantitative estimate of drug-likeness (QED) is 0.783. The summed E-state index contributed by atoms with van der Waals surface area (Å²) >= 11 is 1.66. The second kappa shape index (κ2) is 4.22. The van der Waals surface area contributed by atoms with Gasteiger partial charge >= 0.3 is 0 Å². The number of aromatic nitrogens is 1. The molecule has 17 heavy (non-hydrogen) atoms. The number of aliphatic imine (C=N–C) groups is 2. The second-order valence-corrected chi connectivity index (χ2v) is 4.39. The van der Waals surface area contributed by atoms with Crippen LogP contribution in [0, 0.1) is 0 Å². The smallest absolute Gasteiger partial charge is 0.0969 e. The molecule has 1 aromatic heterocycles. The largest absolute Gasteiger partial charge is 0.290 e. The van der Waals surface area contributed by atoms with E-state index < -0.39 is 0 Å².